The highest BCUT2D eigenvalue weighted by Crippen LogP contribution is 2.21. The number of phenols is 1. The summed E-state index contributed by atoms with van der Waals surface area (Å²) in [6, 6.07) is 14.9. The summed E-state index contributed by atoms with van der Waals surface area (Å²) < 4.78 is 0. The Morgan fingerprint density at radius 3 is 2.55 bits per heavy atom. The number of aliphatic hydroxyl groups excluding tert-OH is 1. The largest absolute Gasteiger partial charge is 0.508 e. The molecule has 20 heavy (non-hydrogen) atoms. The van der Waals surface area contributed by atoms with Crippen LogP contribution in [0.1, 0.15) is 11.1 Å². The third kappa shape index (κ3) is 4.23. The Labute approximate surface area is 123 Å². The van der Waals surface area contributed by atoms with E-state index >= 15 is 0 Å². The number of aliphatic hydroxyl groups is 1. The molecule has 0 saturated heterocycles. The maximum Gasteiger partial charge on any atom is 0.120 e. The molecule has 106 valence electrons. The molecule has 3 N–H and O–H groups in total. The predicted molar refractivity (Wildman–Crippen MR) is 81.0 cm³/mol. The molecule has 0 spiro atoms. The highest BCUT2D eigenvalue weighted by Gasteiger charge is 2.09. The zero-order valence-electron chi connectivity index (χ0n) is 11.1. The fourth-order valence-corrected chi connectivity index (χ4v) is 2.24. The first-order valence-corrected chi connectivity index (χ1v) is 6.92. The van der Waals surface area contributed by atoms with Gasteiger partial charge in [-0.3, -0.25) is 0 Å². The predicted octanol–water partition coefficient (Wildman–Crippen LogP) is 2.74. The molecular formula is C16H18ClNO2. The molecule has 0 fully saturated rings. The van der Waals surface area contributed by atoms with Crippen molar-refractivity contribution in [1.82, 2.24) is 5.32 Å². The molecule has 0 saturated carbocycles. The average Bonchev–Trinajstić information content (AvgIpc) is 2.47. The maximum absolute atomic E-state index is 9.75. The third-order valence-electron chi connectivity index (χ3n) is 3.17. The summed E-state index contributed by atoms with van der Waals surface area (Å²) in [4.78, 5) is 0. The van der Waals surface area contributed by atoms with Gasteiger partial charge in [-0.15, -0.1) is 0 Å². The smallest absolute Gasteiger partial charge is 0.120 e. The molecule has 2 aromatic rings. The number of halogens is 1. The van der Waals surface area contributed by atoms with E-state index in [9.17, 15) is 10.2 Å². The second-order valence-electron chi connectivity index (χ2n) is 4.72. The van der Waals surface area contributed by atoms with Gasteiger partial charge in [0.2, 0.25) is 0 Å². The van der Waals surface area contributed by atoms with E-state index < -0.39 is 0 Å². The highest BCUT2D eigenvalue weighted by atomic mass is 35.5. The molecule has 0 radical (unpaired) electrons. The Morgan fingerprint density at radius 1 is 1.10 bits per heavy atom. The van der Waals surface area contributed by atoms with E-state index in [4.69, 9.17) is 11.6 Å². The second-order valence-corrected chi connectivity index (χ2v) is 5.16. The Kier molecular flexibility index (Phi) is 5.41. The van der Waals surface area contributed by atoms with E-state index in [1.165, 1.54) is 0 Å². The van der Waals surface area contributed by atoms with Gasteiger partial charge in [0.25, 0.3) is 0 Å². The molecule has 0 bridgehead atoms. The average molecular weight is 292 g/mol. The van der Waals surface area contributed by atoms with Gasteiger partial charge in [0.05, 0.1) is 6.61 Å². The van der Waals surface area contributed by atoms with Crippen molar-refractivity contribution in [2.75, 3.05) is 6.61 Å². The van der Waals surface area contributed by atoms with E-state index in [0.717, 1.165) is 17.5 Å². The Balaban J connectivity index is 1.95. The minimum absolute atomic E-state index is 0.0379. The topological polar surface area (TPSA) is 52.5 Å². The van der Waals surface area contributed by atoms with Crippen LogP contribution in [0.3, 0.4) is 0 Å². The summed E-state index contributed by atoms with van der Waals surface area (Å²) in [5, 5.41) is 23.0. The lowest BCUT2D eigenvalue weighted by molar-refractivity contribution is 0.240. The lowest BCUT2D eigenvalue weighted by atomic mass is 10.1. The quantitative estimate of drug-likeness (QED) is 0.767. The number of benzene rings is 2. The number of phenolic OH excluding ortho intramolecular Hbond substituents is 1. The van der Waals surface area contributed by atoms with E-state index in [1.54, 1.807) is 18.2 Å². The molecule has 4 heteroatoms. The van der Waals surface area contributed by atoms with Gasteiger partial charge in [0.15, 0.2) is 0 Å². The molecule has 3 nitrogen and oxygen atoms in total. The number of nitrogens with one attached hydrogen (secondary N) is 1. The molecule has 0 aliphatic rings. The summed E-state index contributed by atoms with van der Waals surface area (Å²) in [7, 11) is 0. The Hall–Kier alpha value is -1.55. The molecule has 0 heterocycles. The highest BCUT2D eigenvalue weighted by molar-refractivity contribution is 6.30. The van der Waals surface area contributed by atoms with Crippen LogP contribution in [0.15, 0.2) is 48.5 Å². The van der Waals surface area contributed by atoms with Crippen LogP contribution in [0.25, 0.3) is 0 Å². The van der Waals surface area contributed by atoms with Crippen LogP contribution in [-0.4, -0.2) is 22.9 Å². The van der Waals surface area contributed by atoms with Crippen LogP contribution in [0, 0.1) is 0 Å². The molecule has 1 atom stereocenters. The fourth-order valence-electron chi connectivity index (χ4n) is 2.05. The minimum atomic E-state index is -0.0595. The van der Waals surface area contributed by atoms with Gasteiger partial charge in [0, 0.05) is 23.2 Å². The van der Waals surface area contributed by atoms with E-state index in [2.05, 4.69) is 5.32 Å². The first kappa shape index (κ1) is 14.9. The molecular weight excluding hydrogens is 274 g/mol. The van der Waals surface area contributed by atoms with Crippen molar-refractivity contribution in [3.8, 4) is 5.75 Å². The summed E-state index contributed by atoms with van der Waals surface area (Å²) in [6.07, 6.45) is 0.735. The van der Waals surface area contributed by atoms with Crippen molar-refractivity contribution >= 4 is 11.6 Å². The number of hydrogen-bond acceptors (Lipinski definition) is 3. The fraction of sp³-hybridized carbons (Fsp3) is 0.250. The molecule has 2 aromatic carbocycles. The Morgan fingerprint density at radius 2 is 1.85 bits per heavy atom. The van der Waals surface area contributed by atoms with Gasteiger partial charge in [0.1, 0.15) is 5.75 Å². The van der Waals surface area contributed by atoms with Crippen LogP contribution in [0.4, 0.5) is 0 Å². The van der Waals surface area contributed by atoms with Crippen LogP contribution >= 0.6 is 11.6 Å². The summed E-state index contributed by atoms with van der Waals surface area (Å²) in [6.45, 7) is 0.501. The van der Waals surface area contributed by atoms with Crippen molar-refractivity contribution < 1.29 is 10.2 Å². The molecule has 0 amide bonds. The number of hydrogen-bond donors (Lipinski definition) is 3. The third-order valence-corrected chi connectivity index (χ3v) is 3.40. The van der Waals surface area contributed by atoms with Crippen molar-refractivity contribution in [1.29, 1.82) is 0 Å². The first-order chi connectivity index (χ1) is 9.69. The van der Waals surface area contributed by atoms with Gasteiger partial charge in [-0.25, -0.2) is 0 Å². The lowest BCUT2D eigenvalue weighted by Gasteiger charge is -2.17. The number of rotatable bonds is 6. The zero-order chi connectivity index (χ0) is 14.4. The van der Waals surface area contributed by atoms with Crippen molar-refractivity contribution in [2.24, 2.45) is 0 Å². The van der Waals surface area contributed by atoms with Crippen LogP contribution in [-0.2, 0) is 13.0 Å². The number of aromatic hydroxyl groups is 1. The van der Waals surface area contributed by atoms with E-state index in [0.29, 0.717) is 11.6 Å². The summed E-state index contributed by atoms with van der Waals surface area (Å²) in [5.74, 6) is 0.207. The molecule has 0 aromatic heterocycles. The molecule has 0 aliphatic carbocycles. The van der Waals surface area contributed by atoms with Crippen LogP contribution < -0.4 is 5.32 Å². The second kappa shape index (κ2) is 7.29. The zero-order valence-corrected chi connectivity index (χ0v) is 11.8. The van der Waals surface area contributed by atoms with Crippen LogP contribution in [0.5, 0.6) is 5.75 Å². The van der Waals surface area contributed by atoms with E-state index in [-0.39, 0.29) is 18.4 Å². The van der Waals surface area contributed by atoms with Gasteiger partial charge < -0.3 is 15.5 Å². The Bertz CT molecular complexity index is 545. The van der Waals surface area contributed by atoms with Crippen LogP contribution in [0.2, 0.25) is 5.02 Å². The SMILES string of the molecule is OC[C@@H](Cc1ccccc1)NCc1cc(Cl)ccc1O. The first-order valence-electron chi connectivity index (χ1n) is 6.54. The minimum Gasteiger partial charge on any atom is -0.508 e. The molecule has 0 aliphatic heterocycles. The van der Waals surface area contributed by atoms with Gasteiger partial charge in [-0.1, -0.05) is 41.9 Å². The maximum atomic E-state index is 9.75. The van der Waals surface area contributed by atoms with Gasteiger partial charge >= 0.3 is 0 Å². The van der Waals surface area contributed by atoms with E-state index in [1.807, 2.05) is 30.3 Å². The summed E-state index contributed by atoms with van der Waals surface area (Å²) >= 11 is 5.91. The van der Waals surface area contributed by atoms with Crippen molar-refractivity contribution in [2.45, 2.75) is 19.0 Å². The monoisotopic (exact) mass is 291 g/mol. The molecule has 0 unspecified atom stereocenters. The standard InChI is InChI=1S/C16H18ClNO2/c17-14-6-7-16(20)13(9-14)10-18-15(11-19)8-12-4-2-1-3-5-12/h1-7,9,15,18-20H,8,10-11H2/t15-/m1/s1. The molecule has 2 rings (SSSR count). The summed E-state index contributed by atoms with van der Waals surface area (Å²) in [5.41, 5.74) is 1.89. The van der Waals surface area contributed by atoms with Crippen molar-refractivity contribution in [3.63, 3.8) is 0 Å². The van der Waals surface area contributed by atoms with Gasteiger partial charge in [-0.2, -0.15) is 0 Å². The lowest BCUT2D eigenvalue weighted by Crippen LogP contribution is -2.34. The normalized spacial score (nSPS) is 12.3. The van der Waals surface area contributed by atoms with Crippen molar-refractivity contribution in [3.05, 3.63) is 64.7 Å². The van der Waals surface area contributed by atoms with Gasteiger partial charge in [-0.05, 0) is 30.2 Å².